The van der Waals surface area contributed by atoms with Crippen LogP contribution in [0.4, 0.5) is 11.4 Å². The highest BCUT2D eigenvalue weighted by Crippen LogP contribution is 2.36. The highest BCUT2D eigenvalue weighted by molar-refractivity contribution is 9.10. The highest BCUT2D eigenvalue weighted by atomic mass is 79.9. The molecule has 4 rings (SSSR count). The highest BCUT2D eigenvalue weighted by Gasteiger charge is 2.30. The number of carbonyl (C=O) groups is 1. The van der Waals surface area contributed by atoms with E-state index in [1.165, 1.54) is 35.9 Å². The summed E-state index contributed by atoms with van der Waals surface area (Å²) < 4.78 is 12.1. The number of non-ortho nitro benzene ring substituents is 1. The number of nitro benzene ring substituents is 1. The third-order valence-electron chi connectivity index (χ3n) is 5.16. The molecule has 0 atom stereocenters. The van der Waals surface area contributed by atoms with E-state index in [1.54, 1.807) is 49.5 Å². The van der Waals surface area contributed by atoms with Crippen LogP contribution in [-0.4, -0.2) is 35.1 Å². The number of amidine groups is 1. The number of thioether (sulfide) groups is 1. The molecule has 0 unspecified atom stereocenters. The molecule has 0 saturated carbocycles. The van der Waals surface area contributed by atoms with Gasteiger partial charge in [-0.25, -0.2) is 4.99 Å². The van der Waals surface area contributed by atoms with Gasteiger partial charge in [-0.3, -0.25) is 19.8 Å². The molecule has 1 heterocycles. The molecule has 0 N–H and O–H groups in total. The normalized spacial score (nSPS) is 15.6. The average Bonchev–Trinajstić information content (AvgIpc) is 3.13. The number of amides is 1. The topological polar surface area (TPSA) is 94.3 Å². The van der Waals surface area contributed by atoms with Crippen LogP contribution >= 0.6 is 39.3 Å². The number of hydrogen-bond acceptors (Lipinski definition) is 7. The fraction of sp³-hybridized carbons (Fsp3) is 0.120. The molecular formula is C25H19BrClN3O5S. The summed E-state index contributed by atoms with van der Waals surface area (Å²) in [6.07, 6.45) is 1.77. The molecule has 1 saturated heterocycles. The van der Waals surface area contributed by atoms with E-state index in [1.807, 2.05) is 12.1 Å². The third-order valence-corrected chi connectivity index (χ3v) is 7.45. The number of carbonyl (C=O) groups excluding carboxylic acids is 1. The first kappa shape index (κ1) is 25.7. The van der Waals surface area contributed by atoms with Crippen molar-refractivity contribution in [2.45, 2.75) is 6.61 Å². The van der Waals surface area contributed by atoms with Gasteiger partial charge in [-0.2, -0.15) is 0 Å². The minimum absolute atomic E-state index is 0.0209. The van der Waals surface area contributed by atoms with Crippen LogP contribution in [0.2, 0.25) is 5.02 Å². The molecule has 0 bridgehead atoms. The smallest absolute Gasteiger partial charge is 0.269 e. The molecule has 1 aliphatic heterocycles. The lowest BCUT2D eigenvalue weighted by Crippen LogP contribution is -2.23. The third kappa shape index (κ3) is 5.89. The fourth-order valence-electron chi connectivity index (χ4n) is 3.24. The molecule has 11 heteroatoms. The zero-order valence-electron chi connectivity index (χ0n) is 19.1. The Balaban J connectivity index is 1.50. The Morgan fingerprint density at radius 1 is 1.14 bits per heavy atom. The second-order valence-corrected chi connectivity index (χ2v) is 9.86. The maximum Gasteiger partial charge on any atom is 0.269 e. The Morgan fingerprint density at radius 2 is 1.89 bits per heavy atom. The van der Waals surface area contributed by atoms with Gasteiger partial charge in [0.1, 0.15) is 6.61 Å². The molecule has 8 nitrogen and oxygen atoms in total. The molecule has 36 heavy (non-hydrogen) atoms. The van der Waals surface area contributed by atoms with Crippen LogP contribution in [0.5, 0.6) is 11.5 Å². The van der Waals surface area contributed by atoms with E-state index in [4.69, 9.17) is 21.1 Å². The predicted molar refractivity (Wildman–Crippen MR) is 145 cm³/mol. The zero-order valence-corrected chi connectivity index (χ0v) is 22.3. The van der Waals surface area contributed by atoms with Gasteiger partial charge in [0.05, 0.1) is 27.6 Å². The number of ether oxygens (including phenoxy) is 2. The van der Waals surface area contributed by atoms with Gasteiger partial charge >= 0.3 is 0 Å². The second kappa shape index (κ2) is 11.2. The van der Waals surface area contributed by atoms with Gasteiger partial charge in [-0.05, 0) is 87.4 Å². The lowest BCUT2D eigenvalue weighted by Gasteiger charge is -2.11. The van der Waals surface area contributed by atoms with Crippen molar-refractivity contribution in [1.29, 1.82) is 0 Å². The van der Waals surface area contributed by atoms with Gasteiger partial charge in [-0.1, -0.05) is 17.7 Å². The summed E-state index contributed by atoms with van der Waals surface area (Å²) in [5, 5.41) is 11.9. The number of halogens is 2. The minimum atomic E-state index is -0.447. The first-order valence-electron chi connectivity index (χ1n) is 10.5. The number of methoxy groups -OCH3 is 1. The molecule has 1 amide bonds. The van der Waals surface area contributed by atoms with Crippen molar-refractivity contribution in [3.8, 4) is 11.5 Å². The molecule has 1 aliphatic rings. The number of nitro groups is 1. The maximum atomic E-state index is 12.8. The van der Waals surface area contributed by atoms with Crippen LogP contribution in [0, 0.1) is 10.1 Å². The van der Waals surface area contributed by atoms with Crippen LogP contribution in [0.1, 0.15) is 11.1 Å². The molecule has 0 aliphatic carbocycles. The second-order valence-electron chi connectivity index (χ2n) is 7.59. The van der Waals surface area contributed by atoms with Crippen molar-refractivity contribution in [3.63, 3.8) is 0 Å². The number of nitrogens with zero attached hydrogens (tertiary/aromatic N) is 3. The monoisotopic (exact) mass is 587 g/mol. The Labute approximate surface area is 224 Å². The van der Waals surface area contributed by atoms with Gasteiger partial charge in [0, 0.05) is 23.7 Å². The maximum absolute atomic E-state index is 12.8. The van der Waals surface area contributed by atoms with Gasteiger partial charge in [0.15, 0.2) is 16.7 Å². The summed E-state index contributed by atoms with van der Waals surface area (Å²) in [6.45, 7) is 0.216. The van der Waals surface area contributed by atoms with E-state index in [0.29, 0.717) is 32.3 Å². The molecule has 3 aromatic rings. The summed E-state index contributed by atoms with van der Waals surface area (Å²) in [5.41, 5.74) is 2.20. The quantitative estimate of drug-likeness (QED) is 0.171. The SMILES string of the molecule is COc1cc(/C=C2\SC(=Nc3ccc(Br)c(Cl)c3)N(C)C2=O)ccc1OCc1ccc([N+](=O)[O-])cc1. The molecular weight excluding hydrogens is 570 g/mol. The van der Waals surface area contributed by atoms with E-state index in [-0.39, 0.29) is 18.2 Å². The number of benzene rings is 3. The van der Waals surface area contributed by atoms with E-state index in [2.05, 4.69) is 20.9 Å². The van der Waals surface area contributed by atoms with Crippen LogP contribution in [0.25, 0.3) is 6.08 Å². The van der Waals surface area contributed by atoms with E-state index >= 15 is 0 Å². The molecule has 1 fully saturated rings. The molecule has 184 valence electrons. The van der Waals surface area contributed by atoms with Crippen LogP contribution in [-0.2, 0) is 11.4 Å². The lowest BCUT2D eigenvalue weighted by atomic mass is 10.1. The minimum Gasteiger partial charge on any atom is -0.493 e. The number of likely N-dealkylation sites (N-methyl/N-ethyl adjacent to an activating group) is 1. The largest absolute Gasteiger partial charge is 0.493 e. The first-order chi connectivity index (χ1) is 17.2. The number of hydrogen-bond donors (Lipinski definition) is 0. The zero-order chi connectivity index (χ0) is 25.8. The van der Waals surface area contributed by atoms with Crippen LogP contribution < -0.4 is 9.47 Å². The van der Waals surface area contributed by atoms with Crippen molar-refractivity contribution in [3.05, 3.63) is 96.3 Å². The number of rotatable bonds is 7. The Kier molecular flexibility index (Phi) is 7.97. The number of aliphatic imine (C=N–C) groups is 1. The van der Waals surface area contributed by atoms with Gasteiger partial charge in [0.2, 0.25) is 0 Å². The Morgan fingerprint density at radius 3 is 2.56 bits per heavy atom. The molecule has 3 aromatic carbocycles. The summed E-state index contributed by atoms with van der Waals surface area (Å²) in [5.74, 6) is 0.836. The van der Waals surface area contributed by atoms with Crippen LogP contribution in [0.15, 0.2) is 75.0 Å². The van der Waals surface area contributed by atoms with E-state index in [0.717, 1.165) is 15.6 Å². The standard InChI is InChI=1S/C25H19BrClN3O5S/c1-29-24(31)23(36-25(29)28-17-6-9-19(26)20(27)13-17)12-16-5-10-21(22(11-16)34-2)35-14-15-3-7-18(8-4-15)30(32)33/h3-13H,14H2,1-2H3/b23-12-,28-25?. The van der Waals surface area contributed by atoms with Crippen molar-refractivity contribution in [1.82, 2.24) is 4.90 Å². The van der Waals surface area contributed by atoms with Crippen molar-refractivity contribution in [2.24, 2.45) is 4.99 Å². The lowest BCUT2D eigenvalue weighted by molar-refractivity contribution is -0.384. The Bertz CT molecular complexity index is 1390. The van der Waals surface area contributed by atoms with Gasteiger partial charge in [-0.15, -0.1) is 0 Å². The molecule has 0 spiro atoms. The molecule has 0 radical (unpaired) electrons. The fourth-order valence-corrected chi connectivity index (χ4v) is 4.64. The van der Waals surface area contributed by atoms with Crippen molar-refractivity contribution >= 4 is 67.8 Å². The van der Waals surface area contributed by atoms with Crippen LogP contribution in [0.3, 0.4) is 0 Å². The van der Waals surface area contributed by atoms with Gasteiger partial charge in [0.25, 0.3) is 11.6 Å². The van der Waals surface area contributed by atoms with Crippen molar-refractivity contribution in [2.75, 3.05) is 14.2 Å². The first-order valence-corrected chi connectivity index (χ1v) is 12.5. The van der Waals surface area contributed by atoms with E-state index < -0.39 is 4.92 Å². The van der Waals surface area contributed by atoms with Crippen molar-refractivity contribution < 1.29 is 19.2 Å². The van der Waals surface area contributed by atoms with E-state index in [9.17, 15) is 14.9 Å². The average molecular weight is 589 g/mol. The summed E-state index contributed by atoms with van der Waals surface area (Å²) in [4.78, 5) is 29.7. The molecule has 0 aromatic heterocycles. The summed E-state index contributed by atoms with van der Waals surface area (Å²) >= 11 is 10.8. The summed E-state index contributed by atoms with van der Waals surface area (Å²) in [7, 11) is 3.20. The Hall–Kier alpha value is -3.34. The predicted octanol–water partition coefficient (Wildman–Crippen LogP) is 6.83. The van der Waals surface area contributed by atoms with Gasteiger partial charge < -0.3 is 9.47 Å². The summed E-state index contributed by atoms with van der Waals surface area (Å²) in [6, 6.07) is 16.8.